The monoisotopic (exact) mass is 713 g/mol. The van der Waals surface area contributed by atoms with E-state index in [1.807, 2.05) is 55.5 Å². The Balaban J connectivity index is 1.47. The second kappa shape index (κ2) is 16.0. The van der Waals surface area contributed by atoms with E-state index in [2.05, 4.69) is 41.8 Å². The standard InChI is InChI=1S/C39H39N9O5/c1-23-11-12-41-18-30(23)32-13-27-14-36(46-39(49)45-33-20-43-47-37(33)24(2)17-40)42-19-31(27)38(44-32)48(21-25-7-9-28(50-3)15-34(25)52-5)22-26-8-10-29(51-4)16-35(26)53-6/h7-16,18-20,24H,21-22H2,1-6H3,(H,43,47)(H2,42,45,46,49). The number of benzene rings is 2. The zero-order valence-corrected chi connectivity index (χ0v) is 30.2. The molecule has 0 aliphatic rings. The number of rotatable bonds is 13. The third kappa shape index (κ3) is 7.89. The van der Waals surface area contributed by atoms with E-state index in [0.29, 0.717) is 64.8 Å². The van der Waals surface area contributed by atoms with Crippen molar-refractivity contribution in [3.05, 3.63) is 102 Å². The Bertz CT molecular complexity index is 2240. The third-order valence-corrected chi connectivity index (χ3v) is 8.81. The number of urea groups is 1. The van der Waals surface area contributed by atoms with Crippen molar-refractivity contribution >= 4 is 34.1 Å². The first-order valence-corrected chi connectivity index (χ1v) is 16.6. The van der Waals surface area contributed by atoms with Gasteiger partial charge in [-0.25, -0.2) is 14.8 Å². The van der Waals surface area contributed by atoms with Gasteiger partial charge in [-0.1, -0.05) is 0 Å². The number of nitriles is 1. The van der Waals surface area contributed by atoms with Crippen LogP contribution in [0, 0.1) is 18.3 Å². The molecule has 0 saturated heterocycles. The van der Waals surface area contributed by atoms with E-state index in [-0.39, 0.29) is 0 Å². The van der Waals surface area contributed by atoms with Gasteiger partial charge in [0.25, 0.3) is 0 Å². The maximum absolute atomic E-state index is 13.1. The summed E-state index contributed by atoms with van der Waals surface area (Å²) < 4.78 is 22.6. The average molecular weight is 714 g/mol. The van der Waals surface area contributed by atoms with Crippen LogP contribution in [0.5, 0.6) is 23.0 Å². The molecule has 0 radical (unpaired) electrons. The number of H-pyrrole nitrogens is 1. The number of aromatic nitrogens is 5. The first kappa shape index (κ1) is 35.9. The molecule has 0 bridgehead atoms. The van der Waals surface area contributed by atoms with Crippen LogP contribution in [0.3, 0.4) is 0 Å². The van der Waals surface area contributed by atoms with Crippen LogP contribution in [-0.2, 0) is 13.1 Å². The molecule has 6 rings (SSSR count). The van der Waals surface area contributed by atoms with Gasteiger partial charge in [0.15, 0.2) is 0 Å². The van der Waals surface area contributed by atoms with Crippen LogP contribution in [-0.4, -0.2) is 59.6 Å². The molecule has 4 heterocycles. The number of fused-ring (bicyclic) bond motifs is 1. The molecule has 0 saturated carbocycles. The molecule has 1 atom stereocenters. The lowest BCUT2D eigenvalue weighted by Gasteiger charge is -2.28. The van der Waals surface area contributed by atoms with Crippen molar-refractivity contribution in [3.8, 4) is 40.3 Å². The highest BCUT2D eigenvalue weighted by Crippen LogP contribution is 2.36. The van der Waals surface area contributed by atoms with Gasteiger partial charge in [-0.2, -0.15) is 10.4 Å². The minimum absolute atomic E-state index is 0.305. The molecule has 3 N–H and O–H groups in total. The Hall–Kier alpha value is -6.88. The highest BCUT2D eigenvalue weighted by molar-refractivity contribution is 6.02. The van der Waals surface area contributed by atoms with Crippen molar-refractivity contribution in [1.82, 2.24) is 25.1 Å². The Morgan fingerprint density at radius 2 is 1.57 bits per heavy atom. The first-order valence-electron chi connectivity index (χ1n) is 16.6. The summed E-state index contributed by atoms with van der Waals surface area (Å²) >= 11 is 0. The Kier molecular flexibility index (Phi) is 10.8. The van der Waals surface area contributed by atoms with Crippen molar-refractivity contribution in [1.29, 1.82) is 5.26 Å². The number of aryl methyl sites for hydroxylation is 1. The number of carbonyl (C=O) groups excluding carboxylic acids is 1. The van der Waals surface area contributed by atoms with E-state index in [4.69, 9.17) is 23.9 Å². The van der Waals surface area contributed by atoms with Crippen molar-refractivity contribution in [2.24, 2.45) is 0 Å². The first-order chi connectivity index (χ1) is 25.7. The van der Waals surface area contributed by atoms with Crippen molar-refractivity contribution in [2.45, 2.75) is 32.9 Å². The highest BCUT2D eigenvalue weighted by atomic mass is 16.5. The van der Waals surface area contributed by atoms with Crippen LogP contribution < -0.4 is 34.5 Å². The van der Waals surface area contributed by atoms with Crippen LogP contribution in [0.2, 0.25) is 0 Å². The number of carbonyl (C=O) groups is 1. The van der Waals surface area contributed by atoms with Crippen molar-refractivity contribution in [2.75, 3.05) is 44.0 Å². The smallest absolute Gasteiger partial charge is 0.324 e. The Labute approximate surface area is 306 Å². The molecule has 2 amide bonds. The summed E-state index contributed by atoms with van der Waals surface area (Å²) in [5, 5.41) is 23.2. The molecule has 0 spiro atoms. The van der Waals surface area contributed by atoms with Gasteiger partial charge in [-0.15, -0.1) is 0 Å². The van der Waals surface area contributed by atoms with Crippen LogP contribution in [0.1, 0.15) is 35.2 Å². The van der Waals surface area contributed by atoms with Gasteiger partial charge in [0, 0.05) is 65.9 Å². The molecule has 0 fully saturated rings. The third-order valence-electron chi connectivity index (χ3n) is 8.81. The molecule has 2 aromatic carbocycles. The summed E-state index contributed by atoms with van der Waals surface area (Å²) in [6, 6.07) is 18.7. The Morgan fingerprint density at radius 1 is 0.887 bits per heavy atom. The van der Waals surface area contributed by atoms with Gasteiger partial charge in [0.05, 0.1) is 63.7 Å². The van der Waals surface area contributed by atoms with Crippen LogP contribution in [0.25, 0.3) is 22.0 Å². The van der Waals surface area contributed by atoms with Gasteiger partial charge in [0.1, 0.15) is 34.6 Å². The lowest BCUT2D eigenvalue weighted by molar-refractivity contribution is 0.262. The van der Waals surface area contributed by atoms with Crippen molar-refractivity contribution in [3.63, 3.8) is 0 Å². The molecule has 14 nitrogen and oxygen atoms in total. The number of hydrogen-bond donors (Lipinski definition) is 3. The quantitative estimate of drug-likeness (QED) is 0.110. The highest BCUT2D eigenvalue weighted by Gasteiger charge is 2.22. The van der Waals surface area contributed by atoms with Gasteiger partial charge < -0.3 is 29.2 Å². The summed E-state index contributed by atoms with van der Waals surface area (Å²) in [4.78, 5) is 29.6. The number of aromatic amines is 1. The van der Waals surface area contributed by atoms with E-state index in [0.717, 1.165) is 33.0 Å². The fourth-order valence-electron chi connectivity index (χ4n) is 5.95. The predicted molar refractivity (Wildman–Crippen MR) is 202 cm³/mol. The fourth-order valence-corrected chi connectivity index (χ4v) is 5.95. The molecular formula is C39H39N9O5. The Morgan fingerprint density at radius 3 is 2.17 bits per heavy atom. The second-order valence-corrected chi connectivity index (χ2v) is 12.2. The van der Waals surface area contributed by atoms with E-state index in [9.17, 15) is 10.1 Å². The van der Waals surface area contributed by atoms with Gasteiger partial charge in [-0.3, -0.25) is 15.4 Å². The van der Waals surface area contributed by atoms with E-state index in [1.54, 1.807) is 60.0 Å². The maximum Gasteiger partial charge on any atom is 0.324 e. The molecule has 1 unspecified atom stereocenters. The normalized spacial score (nSPS) is 11.3. The zero-order valence-electron chi connectivity index (χ0n) is 30.2. The molecule has 53 heavy (non-hydrogen) atoms. The summed E-state index contributed by atoms with van der Waals surface area (Å²) in [5.41, 5.74) is 5.22. The summed E-state index contributed by atoms with van der Waals surface area (Å²) in [7, 11) is 6.48. The van der Waals surface area contributed by atoms with E-state index >= 15 is 0 Å². The van der Waals surface area contributed by atoms with Gasteiger partial charge in [0.2, 0.25) is 0 Å². The number of nitrogens with one attached hydrogen (secondary N) is 3. The molecule has 270 valence electrons. The predicted octanol–water partition coefficient (Wildman–Crippen LogP) is 7.24. The minimum Gasteiger partial charge on any atom is -0.497 e. The second-order valence-electron chi connectivity index (χ2n) is 12.2. The number of hydrogen-bond acceptors (Lipinski definition) is 11. The minimum atomic E-state index is -0.540. The summed E-state index contributed by atoms with van der Waals surface area (Å²) in [5.74, 6) is 3.09. The number of methoxy groups -OCH3 is 4. The number of nitrogens with zero attached hydrogens (tertiary/aromatic N) is 6. The topological polar surface area (TPSA) is 172 Å². The fraction of sp³-hybridized carbons (Fsp3) is 0.231. The molecule has 6 aromatic rings. The average Bonchev–Trinajstić information content (AvgIpc) is 3.64. The summed E-state index contributed by atoms with van der Waals surface area (Å²) in [6.07, 6.45) is 6.68. The van der Waals surface area contributed by atoms with Crippen molar-refractivity contribution < 1.29 is 23.7 Å². The number of anilines is 3. The molecule has 0 aliphatic carbocycles. The van der Waals surface area contributed by atoms with Gasteiger partial charge in [-0.05, 0) is 67.3 Å². The maximum atomic E-state index is 13.1. The largest absolute Gasteiger partial charge is 0.497 e. The van der Waals surface area contributed by atoms with E-state index in [1.165, 1.54) is 6.20 Å². The van der Waals surface area contributed by atoms with Gasteiger partial charge >= 0.3 is 6.03 Å². The number of amides is 2. The van der Waals surface area contributed by atoms with E-state index < -0.39 is 11.9 Å². The van der Waals surface area contributed by atoms with Crippen LogP contribution in [0.4, 0.5) is 22.1 Å². The zero-order chi connectivity index (χ0) is 37.5. The number of ether oxygens (including phenoxy) is 4. The number of pyridine rings is 3. The molecule has 4 aromatic heterocycles. The SMILES string of the molecule is COc1ccc(CN(Cc2ccc(OC)cc2OC)c2nc(-c3cnccc3C)cc3cc(NC(=O)Nc4cn[nH]c4C(C)C#N)ncc23)c(OC)c1. The lowest BCUT2D eigenvalue weighted by Crippen LogP contribution is -2.24. The van der Waals surface area contributed by atoms with Crippen LogP contribution >= 0.6 is 0 Å². The molecular weight excluding hydrogens is 674 g/mol. The van der Waals surface area contributed by atoms with Crippen LogP contribution in [0.15, 0.2) is 79.4 Å². The lowest BCUT2D eigenvalue weighted by atomic mass is 10.0. The summed E-state index contributed by atoms with van der Waals surface area (Å²) in [6.45, 7) is 4.49. The molecule has 14 heteroatoms. The molecule has 0 aliphatic heterocycles.